The highest BCUT2D eigenvalue weighted by molar-refractivity contribution is 6.01. The molecule has 1 rings (SSSR count). The summed E-state index contributed by atoms with van der Waals surface area (Å²) in [5.74, 6) is -1.27. The molecule has 0 radical (unpaired) electrons. The van der Waals surface area contributed by atoms with Gasteiger partial charge in [-0.1, -0.05) is 0 Å². The first-order chi connectivity index (χ1) is 8.47. The van der Waals surface area contributed by atoms with Crippen molar-refractivity contribution in [3.8, 4) is 0 Å². The number of piperazine rings is 1. The Balaban J connectivity index is 2.60. The number of aliphatic hydroxyl groups excluding tert-OH is 1. The van der Waals surface area contributed by atoms with E-state index in [0.29, 0.717) is 32.7 Å². The molecule has 0 saturated carbocycles. The number of amides is 1. The number of rotatable bonds is 4. The highest BCUT2D eigenvalue weighted by Gasteiger charge is 2.23. The van der Waals surface area contributed by atoms with E-state index < -0.39 is 5.97 Å². The Kier molecular flexibility index (Phi) is 5.30. The maximum absolute atomic E-state index is 12.0. The molecule has 102 valence electrons. The highest BCUT2D eigenvalue weighted by atomic mass is 16.4. The predicted octanol–water partition coefficient (Wildman–Crippen LogP) is -0.456. The standard InChI is InChI=1S/C12H20N2O4/c1-9(10(2)12(17)18)11(16)14-5-3-13(4-6-14)7-8-15/h15H,3-8H2,1-2H3,(H,17,18)/b10-9-. The fraction of sp³-hybridized carbons (Fsp3) is 0.667. The van der Waals surface area contributed by atoms with Crippen LogP contribution < -0.4 is 0 Å². The first-order valence-electron chi connectivity index (χ1n) is 6.00. The molecule has 18 heavy (non-hydrogen) atoms. The Morgan fingerprint density at radius 2 is 1.61 bits per heavy atom. The van der Waals surface area contributed by atoms with Gasteiger partial charge in [-0.25, -0.2) is 4.79 Å². The maximum atomic E-state index is 12.0. The molecule has 0 unspecified atom stereocenters. The van der Waals surface area contributed by atoms with Gasteiger partial charge in [-0.05, 0) is 13.8 Å². The second-order valence-electron chi connectivity index (χ2n) is 4.41. The third-order valence-electron chi connectivity index (χ3n) is 3.28. The van der Waals surface area contributed by atoms with Gasteiger partial charge < -0.3 is 15.1 Å². The number of carboxylic acid groups (broad SMARTS) is 1. The van der Waals surface area contributed by atoms with Gasteiger partial charge in [0, 0.05) is 43.9 Å². The van der Waals surface area contributed by atoms with Crippen LogP contribution >= 0.6 is 0 Å². The minimum absolute atomic E-state index is 0.0952. The van der Waals surface area contributed by atoms with E-state index in [1.165, 1.54) is 6.92 Å². The highest BCUT2D eigenvalue weighted by Crippen LogP contribution is 2.10. The Morgan fingerprint density at radius 1 is 1.06 bits per heavy atom. The molecule has 1 fully saturated rings. The largest absolute Gasteiger partial charge is 0.478 e. The van der Waals surface area contributed by atoms with Crippen molar-refractivity contribution >= 4 is 11.9 Å². The number of carbonyl (C=O) groups is 2. The van der Waals surface area contributed by atoms with Crippen molar-refractivity contribution in [2.75, 3.05) is 39.3 Å². The van der Waals surface area contributed by atoms with Gasteiger partial charge in [-0.3, -0.25) is 9.69 Å². The molecule has 1 amide bonds. The van der Waals surface area contributed by atoms with Crippen LogP contribution in [-0.4, -0.2) is 71.2 Å². The zero-order chi connectivity index (χ0) is 13.7. The van der Waals surface area contributed by atoms with Crippen molar-refractivity contribution in [1.29, 1.82) is 0 Å². The molecule has 1 aliphatic heterocycles. The van der Waals surface area contributed by atoms with Crippen LogP contribution in [0.2, 0.25) is 0 Å². The molecule has 0 aliphatic carbocycles. The van der Waals surface area contributed by atoms with Crippen LogP contribution in [-0.2, 0) is 9.59 Å². The third-order valence-corrected chi connectivity index (χ3v) is 3.28. The molecular formula is C12H20N2O4. The number of aliphatic carboxylic acids is 1. The maximum Gasteiger partial charge on any atom is 0.331 e. The molecule has 6 nitrogen and oxygen atoms in total. The third kappa shape index (κ3) is 3.54. The lowest BCUT2D eigenvalue weighted by Crippen LogP contribution is -2.49. The SMILES string of the molecule is C/C(C(=O)O)=C(\C)C(=O)N1CCN(CCO)CC1. The summed E-state index contributed by atoms with van der Waals surface area (Å²) in [6.07, 6.45) is 0. The van der Waals surface area contributed by atoms with E-state index in [2.05, 4.69) is 4.90 Å². The summed E-state index contributed by atoms with van der Waals surface area (Å²) in [4.78, 5) is 26.6. The van der Waals surface area contributed by atoms with Crippen LogP contribution in [0.15, 0.2) is 11.1 Å². The quantitative estimate of drug-likeness (QED) is 0.665. The summed E-state index contributed by atoms with van der Waals surface area (Å²) in [6.45, 7) is 6.29. The summed E-state index contributed by atoms with van der Waals surface area (Å²) in [5, 5.41) is 17.7. The molecule has 1 saturated heterocycles. The van der Waals surface area contributed by atoms with Crippen molar-refractivity contribution in [2.24, 2.45) is 0 Å². The number of aliphatic hydroxyl groups is 1. The molecule has 0 aromatic rings. The van der Waals surface area contributed by atoms with E-state index in [4.69, 9.17) is 10.2 Å². The van der Waals surface area contributed by atoms with Gasteiger partial charge in [-0.2, -0.15) is 0 Å². The summed E-state index contributed by atoms with van der Waals surface area (Å²) in [5.41, 5.74) is 0.385. The van der Waals surface area contributed by atoms with E-state index in [-0.39, 0.29) is 23.7 Å². The van der Waals surface area contributed by atoms with Gasteiger partial charge in [0.25, 0.3) is 0 Å². The number of carbonyl (C=O) groups excluding carboxylic acids is 1. The van der Waals surface area contributed by atoms with Gasteiger partial charge in [0.2, 0.25) is 5.91 Å². The second-order valence-corrected chi connectivity index (χ2v) is 4.41. The Morgan fingerprint density at radius 3 is 2.06 bits per heavy atom. The number of nitrogens with zero attached hydrogens (tertiary/aromatic N) is 2. The summed E-state index contributed by atoms with van der Waals surface area (Å²) in [6, 6.07) is 0. The molecule has 2 N–H and O–H groups in total. The number of carboxylic acids is 1. The molecule has 6 heteroatoms. The summed E-state index contributed by atoms with van der Waals surface area (Å²) in [7, 11) is 0. The Bertz CT molecular complexity index is 357. The molecule has 0 aromatic carbocycles. The van der Waals surface area contributed by atoms with E-state index >= 15 is 0 Å². The molecule has 1 aliphatic rings. The zero-order valence-electron chi connectivity index (χ0n) is 10.8. The number of hydrogen-bond acceptors (Lipinski definition) is 4. The van der Waals surface area contributed by atoms with Gasteiger partial charge in [0.05, 0.1) is 6.61 Å². The normalized spacial score (nSPS) is 18.5. The second kappa shape index (κ2) is 6.51. The minimum atomic E-state index is -1.06. The smallest absolute Gasteiger partial charge is 0.331 e. The van der Waals surface area contributed by atoms with Crippen molar-refractivity contribution in [2.45, 2.75) is 13.8 Å². The van der Waals surface area contributed by atoms with Crippen LogP contribution in [0.3, 0.4) is 0 Å². The van der Waals surface area contributed by atoms with Gasteiger partial charge >= 0.3 is 5.97 Å². The lowest BCUT2D eigenvalue weighted by molar-refractivity contribution is -0.134. The average molecular weight is 256 g/mol. The van der Waals surface area contributed by atoms with E-state index in [9.17, 15) is 9.59 Å². The molecular weight excluding hydrogens is 236 g/mol. The number of β-amino-alcohol motifs (C(OH)–C–C–N with tert-alkyl or cyclic N) is 1. The van der Waals surface area contributed by atoms with Gasteiger partial charge in [0.1, 0.15) is 0 Å². The van der Waals surface area contributed by atoms with E-state index in [1.54, 1.807) is 11.8 Å². The molecule has 1 heterocycles. The van der Waals surface area contributed by atoms with Crippen molar-refractivity contribution < 1.29 is 19.8 Å². The first-order valence-corrected chi connectivity index (χ1v) is 6.00. The molecule has 0 atom stereocenters. The van der Waals surface area contributed by atoms with Crippen molar-refractivity contribution in [1.82, 2.24) is 9.80 Å². The van der Waals surface area contributed by atoms with Gasteiger partial charge in [-0.15, -0.1) is 0 Å². The minimum Gasteiger partial charge on any atom is -0.478 e. The van der Waals surface area contributed by atoms with Crippen LogP contribution in [0.5, 0.6) is 0 Å². The van der Waals surface area contributed by atoms with Crippen molar-refractivity contribution in [3.05, 3.63) is 11.1 Å². The van der Waals surface area contributed by atoms with Crippen molar-refractivity contribution in [3.63, 3.8) is 0 Å². The van der Waals surface area contributed by atoms with Crippen LogP contribution in [0.4, 0.5) is 0 Å². The predicted molar refractivity (Wildman–Crippen MR) is 66.1 cm³/mol. The average Bonchev–Trinajstić information content (AvgIpc) is 2.37. The Labute approximate surface area is 106 Å². The summed E-state index contributed by atoms with van der Waals surface area (Å²) < 4.78 is 0. The lowest BCUT2D eigenvalue weighted by Gasteiger charge is -2.34. The number of hydrogen-bond donors (Lipinski definition) is 2. The fourth-order valence-electron chi connectivity index (χ4n) is 1.87. The molecule has 0 spiro atoms. The van der Waals surface area contributed by atoms with Crippen LogP contribution in [0.25, 0.3) is 0 Å². The van der Waals surface area contributed by atoms with Crippen LogP contribution in [0, 0.1) is 0 Å². The monoisotopic (exact) mass is 256 g/mol. The lowest BCUT2D eigenvalue weighted by atomic mass is 10.1. The first kappa shape index (κ1) is 14.7. The Hall–Kier alpha value is -1.40. The molecule has 0 bridgehead atoms. The fourth-order valence-corrected chi connectivity index (χ4v) is 1.87. The van der Waals surface area contributed by atoms with Gasteiger partial charge in [0.15, 0.2) is 0 Å². The topological polar surface area (TPSA) is 81.1 Å². The molecule has 0 aromatic heterocycles. The zero-order valence-corrected chi connectivity index (χ0v) is 10.8. The van der Waals surface area contributed by atoms with Crippen LogP contribution in [0.1, 0.15) is 13.8 Å². The van der Waals surface area contributed by atoms with E-state index in [0.717, 1.165) is 0 Å². The summed E-state index contributed by atoms with van der Waals surface area (Å²) >= 11 is 0. The van der Waals surface area contributed by atoms with E-state index in [1.807, 2.05) is 0 Å².